The molecule has 3 aromatic rings. The predicted octanol–water partition coefficient (Wildman–Crippen LogP) is 5.54. The quantitative estimate of drug-likeness (QED) is 0.250. The summed E-state index contributed by atoms with van der Waals surface area (Å²) in [5.41, 5.74) is 3.24. The van der Waals surface area contributed by atoms with Gasteiger partial charge in [0.05, 0.1) is 19.9 Å². The first-order valence-electron chi connectivity index (χ1n) is 11.3. The first-order chi connectivity index (χ1) is 17.3. The molecular formula is C27H30N2O5S2. The van der Waals surface area contributed by atoms with Crippen molar-refractivity contribution in [2.75, 3.05) is 26.2 Å². The van der Waals surface area contributed by atoms with Crippen LogP contribution in [0.4, 0.5) is 0 Å². The number of phenols is 2. The third-order valence-corrected chi connectivity index (χ3v) is 6.60. The minimum absolute atomic E-state index is 0.0755. The summed E-state index contributed by atoms with van der Waals surface area (Å²) in [6, 6.07) is 12.2. The molecule has 1 unspecified atom stereocenters. The Morgan fingerprint density at radius 1 is 0.917 bits per heavy atom. The summed E-state index contributed by atoms with van der Waals surface area (Å²) in [5, 5.41) is 19.7. The van der Waals surface area contributed by atoms with Crippen molar-refractivity contribution in [3.63, 3.8) is 0 Å². The highest BCUT2D eigenvalue weighted by atomic mass is 32.2. The molecule has 0 saturated heterocycles. The van der Waals surface area contributed by atoms with Crippen LogP contribution in [0.15, 0.2) is 42.5 Å². The Morgan fingerprint density at radius 3 is 2.06 bits per heavy atom. The highest BCUT2D eigenvalue weighted by Gasteiger charge is 2.06. The molecule has 1 heterocycles. The SMILES string of the molecule is COc1cc(/C=C/c2cc(/C=C/c3ccc(O)c(OC)c3)n(CCCCS(C)=O)c(=S)n2)ccc1O. The fraction of sp³-hybridized carbons (Fsp3) is 0.259. The van der Waals surface area contributed by atoms with Gasteiger partial charge in [0.2, 0.25) is 0 Å². The van der Waals surface area contributed by atoms with Gasteiger partial charge in [0.25, 0.3) is 0 Å². The number of methoxy groups -OCH3 is 2. The molecule has 0 saturated carbocycles. The maximum Gasteiger partial charge on any atom is 0.200 e. The van der Waals surface area contributed by atoms with E-state index < -0.39 is 10.8 Å². The van der Waals surface area contributed by atoms with Crippen molar-refractivity contribution < 1.29 is 23.9 Å². The van der Waals surface area contributed by atoms with E-state index in [1.807, 2.05) is 34.9 Å². The summed E-state index contributed by atoms with van der Waals surface area (Å²) < 4.78 is 24.2. The fourth-order valence-corrected chi connectivity index (χ4v) is 4.44. The molecule has 36 heavy (non-hydrogen) atoms. The van der Waals surface area contributed by atoms with Gasteiger partial charge in [0, 0.05) is 35.0 Å². The molecule has 0 spiro atoms. The monoisotopic (exact) mass is 526 g/mol. The average molecular weight is 527 g/mol. The van der Waals surface area contributed by atoms with Crippen LogP contribution in [0, 0.1) is 4.77 Å². The molecule has 0 aliphatic rings. The van der Waals surface area contributed by atoms with E-state index in [0.29, 0.717) is 34.3 Å². The van der Waals surface area contributed by atoms with Crippen LogP contribution in [0.3, 0.4) is 0 Å². The number of unbranched alkanes of at least 4 members (excludes halogenated alkanes) is 1. The van der Waals surface area contributed by atoms with Gasteiger partial charge >= 0.3 is 0 Å². The standard InChI is InChI=1S/C27H30N2O5S2/c1-33-25-16-19(8-12-23(25)30)6-10-21-18-22(11-7-20-9-13-24(31)26(17-20)34-2)29(27(35)28-21)14-4-5-15-36(3)32/h6-13,16-18,30-31H,4-5,14-15H2,1-3H3/b10-6+,11-7+. The Kier molecular flexibility index (Phi) is 9.84. The van der Waals surface area contributed by atoms with E-state index in [-0.39, 0.29) is 11.5 Å². The van der Waals surface area contributed by atoms with E-state index in [1.165, 1.54) is 14.2 Å². The van der Waals surface area contributed by atoms with E-state index in [9.17, 15) is 14.4 Å². The van der Waals surface area contributed by atoms with Gasteiger partial charge in [0.15, 0.2) is 27.8 Å². The second-order valence-electron chi connectivity index (χ2n) is 8.05. The molecule has 1 atom stereocenters. The molecular weight excluding hydrogens is 496 g/mol. The maximum atomic E-state index is 11.4. The van der Waals surface area contributed by atoms with Crippen molar-refractivity contribution in [2.24, 2.45) is 0 Å². The van der Waals surface area contributed by atoms with Gasteiger partial charge < -0.3 is 24.3 Å². The molecule has 0 radical (unpaired) electrons. The van der Waals surface area contributed by atoms with Crippen LogP contribution in [0.5, 0.6) is 23.0 Å². The average Bonchev–Trinajstić information content (AvgIpc) is 2.86. The molecule has 7 nitrogen and oxygen atoms in total. The smallest absolute Gasteiger partial charge is 0.200 e. The summed E-state index contributed by atoms with van der Waals surface area (Å²) in [4.78, 5) is 4.58. The Bertz CT molecular complexity index is 1350. The molecule has 1 aromatic heterocycles. The largest absolute Gasteiger partial charge is 0.504 e. The summed E-state index contributed by atoms with van der Waals surface area (Å²) in [6.07, 6.45) is 11.0. The third kappa shape index (κ3) is 7.53. The van der Waals surface area contributed by atoms with Crippen molar-refractivity contribution >= 4 is 47.3 Å². The fourth-order valence-electron chi connectivity index (χ4n) is 3.53. The minimum Gasteiger partial charge on any atom is -0.504 e. The summed E-state index contributed by atoms with van der Waals surface area (Å²) in [7, 11) is 2.19. The second kappa shape index (κ2) is 13.0. The van der Waals surface area contributed by atoms with Gasteiger partial charge in [-0.15, -0.1) is 0 Å². The number of aromatic nitrogens is 2. The van der Waals surface area contributed by atoms with Gasteiger partial charge in [0.1, 0.15) is 0 Å². The van der Waals surface area contributed by atoms with Crippen LogP contribution < -0.4 is 9.47 Å². The summed E-state index contributed by atoms with van der Waals surface area (Å²) in [5.74, 6) is 1.58. The van der Waals surface area contributed by atoms with Gasteiger partial charge in [-0.25, -0.2) is 4.98 Å². The van der Waals surface area contributed by atoms with E-state index >= 15 is 0 Å². The molecule has 2 N–H and O–H groups in total. The van der Waals surface area contributed by atoms with Gasteiger partial charge in [-0.1, -0.05) is 24.3 Å². The Hall–Kier alpha value is -3.43. The van der Waals surface area contributed by atoms with Crippen molar-refractivity contribution in [1.82, 2.24) is 9.55 Å². The molecule has 3 rings (SSSR count). The lowest BCUT2D eigenvalue weighted by atomic mass is 10.1. The molecule has 190 valence electrons. The van der Waals surface area contributed by atoms with Gasteiger partial charge in [-0.05, 0) is 78.7 Å². The molecule has 0 fully saturated rings. The normalized spacial score (nSPS) is 12.3. The number of phenolic OH excluding ortho intramolecular Hbond substituents is 2. The van der Waals surface area contributed by atoms with E-state index in [2.05, 4.69) is 4.98 Å². The zero-order valence-corrected chi connectivity index (χ0v) is 22.1. The van der Waals surface area contributed by atoms with E-state index in [0.717, 1.165) is 29.7 Å². The zero-order valence-electron chi connectivity index (χ0n) is 20.5. The number of benzene rings is 2. The number of ether oxygens (including phenoxy) is 2. The number of rotatable bonds is 11. The number of nitrogens with zero attached hydrogens (tertiary/aromatic N) is 2. The molecule has 0 bridgehead atoms. The lowest BCUT2D eigenvalue weighted by Gasteiger charge is -2.12. The first kappa shape index (κ1) is 27.2. The van der Waals surface area contributed by atoms with E-state index in [1.54, 1.807) is 42.7 Å². The molecule has 0 amide bonds. The Morgan fingerprint density at radius 2 is 1.50 bits per heavy atom. The van der Waals surface area contributed by atoms with E-state index in [4.69, 9.17) is 21.7 Å². The Balaban J connectivity index is 1.94. The molecule has 0 aliphatic carbocycles. The molecule has 0 aliphatic heterocycles. The first-order valence-corrected chi connectivity index (χ1v) is 13.5. The minimum atomic E-state index is -0.827. The van der Waals surface area contributed by atoms with Gasteiger partial charge in [-0.3, -0.25) is 4.21 Å². The van der Waals surface area contributed by atoms with Crippen molar-refractivity contribution in [3.05, 3.63) is 69.8 Å². The highest BCUT2D eigenvalue weighted by molar-refractivity contribution is 7.84. The summed E-state index contributed by atoms with van der Waals surface area (Å²) >= 11 is 5.62. The van der Waals surface area contributed by atoms with Gasteiger partial charge in [-0.2, -0.15) is 0 Å². The molecule has 9 heteroatoms. The van der Waals surface area contributed by atoms with Crippen molar-refractivity contribution in [3.8, 4) is 23.0 Å². The van der Waals surface area contributed by atoms with Crippen LogP contribution in [0.1, 0.15) is 35.4 Å². The second-order valence-corrected chi connectivity index (χ2v) is 9.97. The van der Waals surface area contributed by atoms with Crippen molar-refractivity contribution in [2.45, 2.75) is 19.4 Å². The van der Waals surface area contributed by atoms with Crippen LogP contribution in [-0.4, -0.2) is 50.2 Å². The lowest BCUT2D eigenvalue weighted by Crippen LogP contribution is -2.08. The van der Waals surface area contributed by atoms with Crippen molar-refractivity contribution in [1.29, 1.82) is 0 Å². The van der Waals surface area contributed by atoms with Crippen LogP contribution in [-0.2, 0) is 17.3 Å². The Labute approximate surface area is 218 Å². The number of hydrogen-bond donors (Lipinski definition) is 2. The number of hydrogen-bond acceptors (Lipinski definition) is 7. The lowest BCUT2D eigenvalue weighted by molar-refractivity contribution is 0.373. The predicted molar refractivity (Wildman–Crippen MR) is 148 cm³/mol. The third-order valence-electron chi connectivity index (χ3n) is 5.43. The van der Waals surface area contributed by atoms with Crippen LogP contribution in [0.25, 0.3) is 24.3 Å². The summed E-state index contributed by atoms with van der Waals surface area (Å²) in [6.45, 7) is 0.654. The topological polar surface area (TPSA) is 93.8 Å². The van der Waals surface area contributed by atoms with Crippen LogP contribution >= 0.6 is 12.2 Å². The zero-order chi connectivity index (χ0) is 26.1. The van der Waals surface area contributed by atoms with Crippen LogP contribution in [0.2, 0.25) is 0 Å². The highest BCUT2D eigenvalue weighted by Crippen LogP contribution is 2.28. The maximum absolute atomic E-state index is 11.4. The molecule has 2 aromatic carbocycles. The number of aromatic hydroxyl groups is 2.